The van der Waals surface area contributed by atoms with Gasteiger partial charge in [0.05, 0.1) is 6.10 Å². The van der Waals surface area contributed by atoms with E-state index in [-0.39, 0.29) is 12.0 Å². The zero-order valence-electron chi connectivity index (χ0n) is 14.2. The highest BCUT2D eigenvalue weighted by Crippen LogP contribution is 2.44. The maximum atomic E-state index is 10.9. The first-order valence-electron chi connectivity index (χ1n) is 8.94. The van der Waals surface area contributed by atoms with Crippen LogP contribution in [0.25, 0.3) is 0 Å². The lowest BCUT2D eigenvalue weighted by atomic mass is 9.90. The maximum absolute atomic E-state index is 10.9. The standard InChI is InChI=1S/C23H23NO/c25-23-20-14-8-7-13-19(20)21(18-11-5-2-6-12-18)22(23)24-16-15-17-9-3-1-4-10-17/h1-14,21-25H,15-16H2. The minimum atomic E-state index is -0.475. The first kappa shape index (κ1) is 16.1. The van der Waals surface area contributed by atoms with Crippen LogP contribution in [0.5, 0.6) is 0 Å². The van der Waals surface area contributed by atoms with E-state index < -0.39 is 6.10 Å². The minimum Gasteiger partial charge on any atom is -0.387 e. The second-order valence-corrected chi connectivity index (χ2v) is 6.68. The number of benzene rings is 3. The van der Waals surface area contributed by atoms with Crippen LogP contribution in [0.3, 0.4) is 0 Å². The number of rotatable bonds is 5. The van der Waals surface area contributed by atoms with Crippen molar-refractivity contribution in [3.05, 3.63) is 107 Å². The summed E-state index contributed by atoms with van der Waals surface area (Å²) in [5.41, 5.74) is 4.85. The maximum Gasteiger partial charge on any atom is 0.0955 e. The Kier molecular flexibility index (Phi) is 4.64. The Balaban J connectivity index is 1.57. The monoisotopic (exact) mass is 329 g/mol. The molecule has 4 rings (SSSR count). The highest BCUT2D eigenvalue weighted by Gasteiger charge is 2.39. The first-order valence-corrected chi connectivity index (χ1v) is 8.94. The molecule has 126 valence electrons. The summed E-state index contributed by atoms with van der Waals surface area (Å²) in [6.07, 6.45) is 0.485. The number of fused-ring (bicyclic) bond motifs is 1. The molecule has 0 spiro atoms. The number of hydrogen-bond donors (Lipinski definition) is 2. The van der Waals surface area contributed by atoms with Gasteiger partial charge in [0.15, 0.2) is 0 Å². The van der Waals surface area contributed by atoms with Gasteiger partial charge in [-0.15, -0.1) is 0 Å². The van der Waals surface area contributed by atoms with Gasteiger partial charge in [-0.3, -0.25) is 0 Å². The predicted molar refractivity (Wildman–Crippen MR) is 102 cm³/mol. The Hall–Kier alpha value is -2.42. The van der Waals surface area contributed by atoms with Crippen LogP contribution in [0.15, 0.2) is 84.9 Å². The molecule has 0 amide bonds. The van der Waals surface area contributed by atoms with E-state index in [2.05, 4.69) is 72.0 Å². The van der Waals surface area contributed by atoms with E-state index >= 15 is 0 Å². The Morgan fingerprint density at radius 3 is 2.04 bits per heavy atom. The van der Waals surface area contributed by atoms with Crippen LogP contribution >= 0.6 is 0 Å². The molecule has 2 nitrogen and oxygen atoms in total. The molecule has 1 aliphatic rings. The SMILES string of the molecule is OC1c2ccccc2C(c2ccccc2)C1NCCc1ccccc1. The molecule has 1 aliphatic carbocycles. The molecule has 0 saturated heterocycles. The fourth-order valence-electron chi connectivity index (χ4n) is 3.94. The van der Waals surface area contributed by atoms with Crippen LogP contribution in [0.4, 0.5) is 0 Å². The fraction of sp³-hybridized carbons (Fsp3) is 0.217. The van der Waals surface area contributed by atoms with E-state index in [1.165, 1.54) is 16.7 Å². The highest BCUT2D eigenvalue weighted by atomic mass is 16.3. The average Bonchev–Trinajstić information content (AvgIpc) is 2.96. The normalized spacial score (nSPS) is 21.9. The molecular weight excluding hydrogens is 306 g/mol. The summed E-state index contributed by atoms with van der Waals surface area (Å²) in [5.74, 6) is 0.183. The third-order valence-electron chi connectivity index (χ3n) is 5.14. The third-order valence-corrected chi connectivity index (χ3v) is 5.14. The van der Waals surface area contributed by atoms with Gasteiger partial charge in [0.2, 0.25) is 0 Å². The van der Waals surface area contributed by atoms with Gasteiger partial charge < -0.3 is 10.4 Å². The fourth-order valence-corrected chi connectivity index (χ4v) is 3.94. The van der Waals surface area contributed by atoms with Gasteiger partial charge in [0.1, 0.15) is 0 Å². The number of nitrogens with one attached hydrogen (secondary N) is 1. The van der Waals surface area contributed by atoms with Gasteiger partial charge in [-0.1, -0.05) is 84.9 Å². The lowest BCUT2D eigenvalue weighted by Gasteiger charge is -2.25. The van der Waals surface area contributed by atoms with Gasteiger partial charge in [0.25, 0.3) is 0 Å². The summed E-state index contributed by atoms with van der Waals surface area (Å²) >= 11 is 0. The van der Waals surface area contributed by atoms with Gasteiger partial charge in [-0.2, -0.15) is 0 Å². The second-order valence-electron chi connectivity index (χ2n) is 6.68. The smallest absolute Gasteiger partial charge is 0.0955 e. The molecule has 2 heteroatoms. The molecule has 0 aromatic heterocycles. The van der Waals surface area contributed by atoms with Crippen LogP contribution in [-0.4, -0.2) is 17.7 Å². The molecule has 3 atom stereocenters. The molecule has 0 heterocycles. The molecule has 0 aliphatic heterocycles. The third kappa shape index (κ3) is 3.23. The molecule has 3 aromatic rings. The van der Waals surface area contributed by atoms with Crippen LogP contribution in [0.2, 0.25) is 0 Å². The Morgan fingerprint density at radius 1 is 0.720 bits per heavy atom. The van der Waals surface area contributed by atoms with E-state index in [0.717, 1.165) is 18.5 Å². The quantitative estimate of drug-likeness (QED) is 0.740. The van der Waals surface area contributed by atoms with Crippen LogP contribution in [0, 0.1) is 0 Å². The molecule has 3 unspecified atom stereocenters. The highest BCUT2D eigenvalue weighted by molar-refractivity contribution is 5.46. The van der Waals surface area contributed by atoms with E-state index in [9.17, 15) is 5.11 Å². The zero-order chi connectivity index (χ0) is 17.1. The average molecular weight is 329 g/mol. The van der Waals surface area contributed by atoms with Gasteiger partial charge >= 0.3 is 0 Å². The van der Waals surface area contributed by atoms with Crippen molar-refractivity contribution in [2.24, 2.45) is 0 Å². The largest absolute Gasteiger partial charge is 0.387 e. The summed E-state index contributed by atoms with van der Waals surface area (Å²) in [7, 11) is 0. The Labute approximate surface area is 149 Å². The molecule has 2 N–H and O–H groups in total. The van der Waals surface area contributed by atoms with Crippen LogP contribution in [-0.2, 0) is 6.42 Å². The summed E-state index contributed by atoms with van der Waals surface area (Å²) in [4.78, 5) is 0. The van der Waals surface area contributed by atoms with Crippen molar-refractivity contribution >= 4 is 0 Å². The van der Waals surface area contributed by atoms with Crippen LogP contribution in [0.1, 0.15) is 34.3 Å². The van der Waals surface area contributed by atoms with E-state index in [1.54, 1.807) is 0 Å². The van der Waals surface area contributed by atoms with Crippen molar-refractivity contribution < 1.29 is 5.11 Å². The van der Waals surface area contributed by atoms with E-state index in [0.29, 0.717) is 0 Å². The molecule has 0 bridgehead atoms. The van der Waals surface area contributed by atoms with Crippen molar-refractivity contribution in [1.29, 1.82) is 0 Å². The molecule has 0 saturated carbocycles. The van der Waals surface area contributed by atoms with Crippen LogP contribution < -0.4 is 5.32 Å². The van der Waals surface area contributed by atoms with Gasteiger partial charge in [-0.25, -0.2) is 0 Å². The summed E-state index contributed by atoms with van der Waals surface area (Å²) in [6.45, 7) is 0.850. The van der Waals surface area contributed by atoms with Gasteiger partial charge in [0, 0.05) is 12.0 Å². The number of hydrogen-bond acceptors (Lipinski definition) is 2. The van der Waals surface area contributed by atoms with Crippen molar-refractivity contribution in [2.75, 3.05) is 6.54 Å². The topological polar surface area (TPSA) is 32.3 Å². The van der Waals surface area contributed by atoms with E-state index in [4.69, 9.17) is 0 Å². The van der Waals surface area contributed by atoms with Crippen molar-refractivity contribution in [3.63, 3.8) is 0 Å². The Bertz CT molecular complexity index is 816. The zero-order valence-corrected chi connectivity index (χ0v) is 14.2. The first-order chi connectivity index (χ1) is 12.3. The van der Waals surface area contributed by atoms with Crippen molar-refractivity contribution in [1.82, 2.24) is 5.32 Å². The second kappa shape index (κ2) is 7.22. The lowest BCUT2D eigenvalue weighted by molar-refractivity contribution is 0.136. The lowest BCUT2D eigenvalue weighted by Crippen LogP contribution is -2.37. The summed E-state index contributed by atoms with van der Waals surface area (Å²) in [6, 6.07) is 29.3. The predicted octanol–water partition coefficient (Wildman–Crippen LogP) is 4.07. The number of aliphatic hydroxyl groups is 1. The Morgan fingerprint density at radius 2 is 1.32 bits per heavy atom. The van der Waals surface area contributed by atoms with E-state index in [1.807, 2.05) is 18.2 Å². The molecule has 0 fully saturated rings. The minimum absolute atomic E-state index is 0.00325. The summed E-state index contributed by atoms with van der Waals surface area (Å²) < 4.78 is 0. The van der Waals surface area contributed by atoms with Gasteiger partial charge in [-0.05, 0) is 35.2 Å². The number of aliphatic hydroxyl groups excluding tert-OH is 1. The summed E-state index contributed by atoms with van der Waals surface area (Å²) in [5, 5.41) is 14.5. The van der Waals surface area contributed by atoms with Crippen molar-refractivity contribution in [3.8, 4) is 0 Å². The molecule has 25 heavy (non-hydrogen) atoms. The molecular formula is C23H23NO. The van der Waals surface area contributed by atoms with Crippen molar-refractivity contribution in [2.45, 2.75) is 24.5 Å². The molecule has 3 aromatic carbocycles. The molecule has 0 radical (unpaired) electrons.